The molecule has 0 aromatic rings. The minimum absolute atomic E-state index is 0.182. The van der Waals surface area contributed by atoms with Gasteiger partial charge in [0.25, 0.3) is 0 Å². The molecule has 0 aliphatic rings. The number of unbranched alkanes of at least 4 members (excludes halogenated alkanes) is 1. The molecule has 0 heterocycles. The van der Waals surface area contributed by atoms with Crippen molar-refractivity contribution in [3.63, 3.8) is 0 Å². The molecule has 2 unspecified atom stereocenters. The summed E-state index contributed by atoms with van der Waals surface area (Å²) in [5.74, 6) is -2.66. The highest BCUT2D eigenvalue weighted by atomic mass is 17.2. The number of aliphatic hydroxyl groups excluding tert-OH is 1. The lowest BCUT2D eigenvalue weighted by Gasteiger charge is -2.15. The number of nitrogens with one attached hydrogen (secondary N) is 1. The van der Waals surface area contributed by atoms with E-state index in [2.05, 4.69) is 23.3 Å². The van der Waals surface area contributed by atoms with Crippen molar-refractivity contribution in [1.82, 2.24) is 5.32 Å². The number of aliphatic hydroxyl groups is 1. The van der Waals surface area contributed by atoms with Crippen LogP contribution in [0.3, 0.4) is 0 Å². The number of hydrogen-bond donors (Lipinski definition) is 3. The third-order valence-corrected chi connectivity index (χ3v) is 3.27. The highest BCUT2D eigenvalue weighted by Crippen LogP contribution is 2.21. The zero-order valence-electron chi connectivity index (χ0n) is 13.7. The first-order valence-corrected chi connectivity index (χ1v) is 7.63. The molecule has 2 atom stereocenters. The number of carbonyl (C=O) groups excluding carboxylic acids is 3. The van der Waals surface area contributed by atoms with Crippen molar-refractivity contribution in [2.24, 2.45) is 11.7 Å². The summed E-state index contributed by atoms with van der Waals surface area (Å²) in [4.78, 5) is 42.4. The summed E-state index contributed by atoms with van der Waals surface area (Å²) >= 11 is 0. The minimum atomic E-state index is -1.96. The van der Waals surface area contributed by atoms with E-state index in [4.69, 9.17) is 5.73 Å². The molecule has 1 amide bonds. The van der Waals surface area contributed by atoms with Crippen LogP contribution in [0.15, 0.2) is 12.2 Å². The topological polar surface area (TPSA) is 128 Å². The molecule has 0 rings (SSSR count). The van der Waals surface area contributed by atoms with Crippen LogP contribution < -0.4 is 11.1 Å². The van der Waals surface area contributed by atoms with Gasteiger partial charge >= 0.3 is 11.9 Å². The van der Waals surface area contributed by atoms with E-state index in [0.717, 1.165) is 25.7 Å². The predicted molar refractivity (Wildman–Crippen MR) is 82.5 cm³/mol. The fourth-order valence-corrected chi connectivity index (χ4v) is 1.83. The van der Waals surface area contributed by atoms with Crippen molar-refractivity contribution < 1.29 is 29.3 Å². The van der Waals surface area contributed by atoms with E-state index >= 15 is 0 Å². The van der Waals surface area contributed by atoms with Gasteiger partial charge in [-0.25, -0.2) is 19.4 Å². The zero-order chi connectivity index (χ0) is 17.8. The second-order valence-corrected chi connectivity index (χ2v) is 5.17. The van der Waals surface area contributed by atoms with Crippen molar-refractivity contribution in [3.05, 3.63) is 12.2 Å². The van der Waals surface area contributed by atoms with E-state index in [1.54, 1.807) is 0 Å². The van der Waals surface area contributed by atoms with Crippen LogP contribution in [0.25, 0.3) is 0 Å². The fraction of sp³-hybridized carbons (Fsp3) is 0.667. The Morgan fingerprint density at radius 2 is 1.91 bits per heavy atom. The lowest BCUT2D eigenvalue weighted by Crippen LogP contribution is -2.44. The first-order chi connectivity index (χ1) is 10.8. The van der Waals surface area contributed by atoms with Gasteiger partial charge in [-0.3, -0.25) is 4.79 Å². The molecule has 0 aliphatic carbocycles. The van der Waals surface area contributed by atoms with Crippen LogP contribution in [0.4, 0.5) is 0 Å². The Kier molecular flexibility index (Phi) is 10.6. The Morgan fingerprint density at radius 1 is 1.26 bits per heavy atom. The van der Waals surface area contributed by atoms with Crippen molar-refractivity contribution in [2.75, 3.05) is 6.54 Å². The van der Waals surface area contributed by atoms with Crippen LogP contribution in [0, 0.1) is 5.92 Å². The molecule has 0 radical (unpaired) electrons. The van der Waals surface area contributed by atoms with Gasteiger partial charge in [0.15, 0.2) is 0 Å². The molecule has 8 heteroatoms. The van der Waals surface area contributed by atoms with Crippen LogP contribution in [0.5, 0.6) is 0 Å². The average Bonchev–Trinajstić information content (AvgIpc) is 2.55. The summed E-state index contributed by atoms with van der Waals surface area (Å²) in [6.45, 7) is 7.33. The first-order valence-electron chi connectivity index (χ1n) is 7.63. The molecular weight excluding hydrogens is 304 g/mol. The number of nitrogens with two attached hydrogens (primary N) is 1. The third kappa shape index (κ3) is 8.94. The number of hydrogen-bond acceptors (Lipinski definition) is 7. The van der Waals surface area contributed by atoms with Gasteiger partial charge < -0.3 is 16.2 Å². The van der Waals surface area contributed by atoms with Crippen LogP contribution in [0.2, 0.25) is 0 Å². The monoisotopic (exact) mass is 330 g/mol. The number of amides is 1. The van der Waals surface area contributed by atoms with Gasteiger partial charge in [-0.2, -0.15) is 0 Å². The molecule has 132 valence electrons. The molecule has 0 bridgehead atoms. The highest BCUT2D eigenvalue weighted by Gasteiger charge is 2.23. The SMILES string of the molecule is C=C(CC(CC)CCCC)C(=O)OOC(=O)C(O)NC(=O)CN. The summed E-state index contributed by atoms with van der Waals surface area (Å²) < 4.78 is 0. The quantitative estimate of drug-likeness (QED) is 0.231. The van der Waals surface area contributed by atoms with Crippen LogP contribution >= 0.6 is 0 Å². The van der Waals surface area contributed by atoms with Gasteiger partial charge in [0, 0.05) is 5.57 Å². The molecular formula is C15H26N2O6. The Balaban J connectivity index is 4.24. The molecule has 4 N–H and O–H groups in total. The smallest absolute Gasteiger partial charge is 0.364 e. The van der Waals surface area contributed by atoms with Crippen molar-refractivity contribution in [2.45, 2.75) is 52.2 Å². The predicted octanol–water partition coefficient (Wildman–Crippen LogP) is 0.544. The molecule has 8 nitrogen and oxygen atoms in total. The van der Waals surface area contributed by atoms with E-state index < -0.39 is 30.6 Å². The Labute approximate surface area is 135 Å². The summed E-state index contributed by atoms with van der Waals surface area (Å²) in [5.41, 5.74) is 5.19. The second-order valence-electron chi connectivity index (χ2n) is 5.17. The number of rotatable bonds is 10. The van der Waals surface area contributed by atoms with E-state index in [1.807, 2.05) is 12.2 Å². The molecule has 0 saturated carbocycles. The fourth-order valence-electron chi connectivity index (χ4n) is 1.83. The zero-order valence-corrected chi connectivity index (χ0v) is 13.7. The van der Waals surface area contributed by atoms with Crippen LogP contribution in [-0.4, -0.2) is 35.7 Å². The average molecular weight is 330 g/mol. The first kappa shape index (κ1) is 21.1. The minimum Gasteiger partial charge on any atom is -0.364 e. The maximum Gasteiger partial charge on any atom is 0.404 e. The lowest BCUT2D eigenvalue weighted by atomic mass is 9.92. The molecule has 0 fully saturated rings. The maximum absolute atomic E-state index is 11.7. The van der Waals surface area contributed by atoms with Gasteiger partial charge in [-0.1, -0.05) is 46.1 Å². The van der Waals surface area contributed by atoms with E-state index in [9.17, 15) is 19.5 Å². The Hall–Kier alpha value is -1.93. The van der Waals surface area contributed by atoms with E-state index in [1.165, 1.54) is 0 Å². The lowest BCUT2D eigenvalue weighted by molar-refractivity contribution is -0.262. The molecule has 0 aromatic carbocycles. The van der Waals surface area contributed by atoms with Gasteiger partial charge in [0.2, 0.25) is 12.1 Å². The normalized spacial score (nSPS) is 12.9. The molecule has 0 spiro atoms. The molecule has 0 aromatic heterocycles. The largest absolute Gasteiger partial charge is 0.404 e. The molecule has 0 aliphatic heterocycles. The van der Waals surface area contributed by atoms with Gasteiger partial charge in [0.05, 0.1) is 6.54 Å². The second kappa shape index (κ2) is 11.6. The van der Waals surface area contributed by atoms with Crippen molar-refractivity contribution >= 4 is 17.8 Å². The standard InChI is InChI=1S/C15H26N2O6/c1-4-6-7-11(5-2)8-10(3)14(20)22-23-15(21)13(19)17-12(18)9-16/h11,13,19H,3-9,16H2,1-2H3,(H,17,18). The van der Waals surface area contributed by atoms with E-state index in [0.29, 0.717) is 12.3 Å². The van der Waals surface area contributed by atoms with Crippen molar-refractivity contribution in [1.29, 1.82) is 0 Å². The molecule has 0 saturated heterocycles. The maximum atomic E-state index is 11.7. The van der Waals surface area contributed by atoms with Gasteiger partial charge in [0.1, 0.15) is 0 Å². The van der Waals surface area contributed by atoms with E-state index in [-0.39, 0.29) is 5.57 Å². The summed E-state index contributed by atoms with van der Waals surface area (Å²) in [5, 5.41) is 11.1. The van der Waals surface area contributed by atoms with Gasteiger partial charge in [-0.15, -0.1) is 0 Å². The molecule has 23 heavy (non-hydrogen) atoms. The summed E-state index contributed by atoms with van der Waals surface area (Å²) in [6, 6.07) is 0. The van der Waals surface area contributed by atoms with Crippen molar-refractivity contribution in [3.8, 4) is 0 Å². The Morgan fingerprint density at radius 3 is 2.43 bits per heavy atom. The Bertz CT molecular complexity index is 424. The summed E-state index contributed by atoms with van der Waals surface area (Å²) in [7, 11) is 0. The highest BCUT2D eigenvalue weighted by molar-refractivity contribution is 5.88. The van der Waals surface area contributed by atoms with Crippen LogP contribution in [0.1, 0.15) is 46.0 Å². The third-order valence-electron chi connectivity index (χ3n) is 3.27. The van der Waals surface area contributed by atoms with Crippen LogP contribution in [-0.2, 0) is 24.2 Å². The van der Waals surface area contributed by atoms with Gasteiger partial charge in [-0.05, 0) is 12.3 Å². The number of carbonyl (C=O) groups is 3. The summed E-state index contributed by atoms with van der Waals surface area (Å²) in [6.07, 6.45) is 2.48.